The molecule has 2 heterocycles. The zero-order valence-electron chi connectivity index (χ0n) is 11.1. The third kappa shape index (κ3) is 3.18. The molecule has 1 fully saturated rings. The first-order valence-corrected chi connectivity index (χ1v) is 6.37. The summed E-state index contributed by atoms with van der Waals surface area (Å²) in [6, 6.07) is 2.54. The Morgan fingerprint density at radius 3 is 2.68 bits per heavy atom. The van der Waals surface area contributed by atoms with Crippen LogP contribution >= 0.6 is 0 Å². The predicted molar refractivity (Wildman–Crippen MR) is 68.2 cm³/mol. The molecule has 1 atom stereocenters. The van der Waals surface area contributed by atoms with Gasteiger partial charge in [-0.05, 0) is 25.5 Å². The second kappa shape index (κ2) is 5.00. The molecule has 1 unspecified atom stereocenters. The molecule has 0 spiro atoms. The fraction of sp³-hybridized carbons (Fsp3) is 0.615. The molecule has 19 heavy (non-hydrogen) atoms. The normalized spacial score (nSPS) is 24.6. The smallest absolute Gasteiger partial charge is 0.367 e. The van der Waals surface area contributed by atoms with Crippen LogP contribution in [0, 0.1) is 0 Å². The molecule has 0 aromatic carbocycles. The van der Waals surface area contributed by atoms with E-state index in [9.17, 15) is 13.2 Å². The summed E-state index contributed by atoms with van der Waals surface area (Å²) in [5.74, 6) is 0. The van der Waals surface area contributed by atoms with Gasteiger partial charge in [0, 0.05) is 25.2 Å². The van der Waals surface area contributed by atoms with Crippen molar-refractivity contribution >= 4 is 5.69 Å². The van der Waals surface area contributed by atoms with Gasteiger partial charge in [-0.1, -0.05) is 6.92 Å². The van der Waals surface area contributed by atoms with Crippen LogP contribution in [-0.2, 0) is 6.18 Å². The Kier molecular flexibility index (Phi) is 3.71. The van der Waals surface area contributed by atoms with Gasteiger partial charge in [0.15, 0.2) is 0 Å². The molecule has 1 aliphatic heterocycles. The minimum atomic E-state index is -4.38. The molecule has 0 saturated carbocycles. The Morgan fingerprint density at radius 2 is 2.16 bits per heavy atom. The van der Waals surface area contributed by atoms with Crippen molar-refractivity contribution in [2.45, 2.75) is 32.0 Å². The first-order valence-electron chi connectivity index (χ1n) is 6.37. The molecule has 106 valence electrons. The van der Waals surface area contributed by atoms with Crippen molar-refractivity contribution in [3.63, 3.8) is 0 Å². The molecule has 0 amide bonds. The summed E-state index contributed by atoms with van der Waals surface area (Å²) < 4.78 is 37.4. The Hall–Kier alpha value is -1.30. The van der Waals surface area contributed by atoms with Crippen LogP contribution in [-0.4, -0.2) is 30.2 Å². The molecule has 1 aromatic rings. The standard InChI is InChI=1S/C13H18F3N3/c1-3-12(2)9-19(7-6-18-12)10-4-5-11(17-8-10)13(14,15)16/h4-5,8,18H,3,6-7,9H2,1-2H3. The maximum atomic E-state index is 12.5. The van der Waals surface area contributed by atoms with E-state index in [1.165, 1.54) is 12.3 Å². The molecule has 2 rings (SSSR count). The first-order chi connectivity index (χ1) is 8.84. The third-order valence-electron chi connectivity index (χ3n) is 3.66. The van der Waals surface area contributed by atoms with E-state index in [-0.39, 0.29) is 5.54 Å². The zero-order valence-corrected chi connectivity index (χ0v) is 11.1. The lowest BCUT2D eigenvalue weighted by molar-refractivity contribution is -0.141. The highest BCUT2D eigenvalue weighted by atomic mass is 19.4. The molecule has 3 nitrogen and oxygen atoms in total. The summed E-state index contributed by atoms with van der Waals surface area (Å²) in [7, 11) is 0. The topological polar surface area (TPSA) is 28.2 Å². The quantitative estimate of drug-likeness (QED) is 0.898. The number of pyridine rings is 1. The summed E-state index contributed by atoms with van der Waals surface area (Å²) in [6.45, 7) is 6.60. The number of nitrogens with zero attached hydrogens (tertiary/aromatic N) is 2. The predicted octanol–water partition coefficient (Wildman–Crippen LogP) is 2.68. The van der Waals surface area contributed by atoms with Crippen LogP contribution in [0.25, 0.3) is 0 Å². The van der Waals surface area contributed by atoms with Crippen LogP contribution in [0.15, 0.2) is 18.3 Å². The van der Waals surface area contributed by atoms with Crippen LogP contribution in [0.3, 0.4) is 0 Å². The van der Waals surface area contributed by atoms with E-state index in [1.54, 1.807) is 0 Å². The van der Waals surface area contributed by atoms with Crippen molar-refractivity contribution in [1.29, 1.82) is 0 Å². The van der Waals surface area contributed by atoms with E-state index in [1.807, 2.05) is 0 Å². The number of halogens is 3. The molecule has 0 radical (unpaired) electrons. The Labute approximate surface area is 110 Å². The summed E-state index contributed by atoms with van der Waals surface area (Å²) in [5.41, 5.74) is -0.0974. The van der Waals surface area contributed by atoms with Crippen LogP contribution in [0.1, 0.15) is 26.0 Å². The lowest BCUT2D eigenvalue weighted by atomic mass is 9.95. The van der Waals surface area contributed by atoms with Gasteiger partial charge in [0.2, 0.25) is 0 Å². The van der Waals surface area contributed by atoms with Gasteiger partial charge >= 0.3 is 6.18 Å². The maximum Gasteiger partial charge on any atom is 0.433 e. The van der Waals surface area contributed by atoms with Gasteiger partial charge in [0.05, 0.1) is 11.9 Å². The van der Waals surface area contributed by atoms with Crippen LogP contribution in [0.5, 0.6) is 0 Å². The van der Waals surface area contributed by atoms with E-state index in [4.69, 9.17) is 0 Å². The highest BCUT2D eigenvalue weighted by molar-refractivity contribution is 5.46. The second-order valence-electron chi connectivity index (χ2n) is 5.16. The second-order valence-corrected chi connectivity index (χ2v) is 5.16. The van der Waals surface area contributed by atoms with E-state index in [2.05, 4.69) is 29.0 Å². The monoisotopic (exact) mass is 273 g/mol. The maximum absolute atomic E-state index is 12.5. The first kappa shape index (κ1) is 14.1. The molecule has 1 saturated heterocycles. The summed E-state index contributed by atoms with van der Waals surface area (Å²) in [5, 5.41) is 3.44. The van der Waals surface area contributed by atoms with Gasteiger partial charge < -0.3 is 10.2 Å². The van der Waals surface area contributed by atoms with Crippen molar-refractivity contribution in [2.75, 3.05) is 24.5 Å². The number of rotatable bonds is 2. The van der Waals surface area contributed by atoms with Crippen LogP contribution in [0.4, 0.5) is 18.9 Å². The number of aromatic nitrogens is 1. The largest absolute Gasteiger partial charge is 0.433 e. The van der Waals surface area contributed by atoms with Gasteiger partial charge in [-0.2, -0.15) is 13.2 Å². The molecule has 1 N–H and O–H groups in total. The van der Waals surface area contributed by atoms with Gasteiger partial charge in [-0.3, -0.25) is 0 Å². The SMILES string of the molecule is CCC1(C)CN(c2ccc(C(F)(F)F)nc2)CCN1. The van der Waals surface area contributed by atoms with Gasteiger partial charge in [0.1, 0.15) is 5.69 Å². The highest BCUT2D eigenvalue weighted by Gasteiger charge is 2.33. The number of hydrogen-bond acceptors (Lipinski definition) is 3. The zero-order chi connectivity index (χ0) is 14.1. The molecular formula is C13H18F3N3. The third-order valence-corrected chi connectivity index (χ3v) is 3.66. The Balaban J connectivity index is 2.14. The van der Waals surface area contributed by atoms with Crippen molar-refractivity contribution in [1.82, 2.24) is 10.3 Å². The fourth-order valence-corrected chi connectivity index (χ4v) is 2.25. The summed E-state index contributed by atoms with van der Waals surface area (Å²) >= 11 is 0. The molecule has 0 aliphatic carbocycles. The molecule has 0 bridgehead atoms. The van der Waals surface area contributed by atoms with Crippen molar-refractivity contribution in [2.24, 2.45) is 0 Å². The lowest BCUT2D eigenvalue weighted by Gasteiger charge is -2.42. The van der Waals surface area contributed by atoms with Crippen molar-refractivity contribution < 1.29 is 13.2 Å². The van der Waals surface area contributed by atoms with Gasteiger partial charge in [-0.15, -0.1) is 0 Å². The van der Waals surface area contributed by atoms with Crippen molar-refractivity contribution in [3.8, 4) is 0 Å². The average Bonchev–Trinajstić information content (AvgIpc) is 2.38. The summed E-state index contributed by atoms with van der Waals surface area (Å²) in [4.78, 5) is 5.59. The van der Waals surface area contributed by atoms with Crippen LogP contribution in [0.2, 0.25) is 0 Å². The lowest BCUT2D eigenvalue weighted by Crippen LogP contribution is -2.58. The number of alkyl halides is 3. The molecule has 1 aromatic heterocycles. The number of anilines is 1. The summed E-state index contributed by atoms with van der Waals surface area (Å²) in [6.07, 6.45) is -2.10. The number of piperazine rings is 1. The number of hydrogen-bond donors (Lipinski definition) is 1. The average molecular weight is 273 g/mol. The van der Waals surface area contributed by atoms with E-state index in [0.717, 1.165) is 37.8 Å². The van der Waals surface area contributed by atoms with Crippen molar-refractivity contribution in [3.05, 3.63) is 24.0 Å². The Bertz CT molecular complexity index is 430. The highest BCUT2D eigenvalue weighted by Crippen LogP contribution is 2.29. The number of nitrogens with one attached hydrogen (secondary N) is 1. The van der Waals surface area contributed by atoms with E-state index < -0.39 is 11.9 Å². The molecule has 6 heteroatoms. The fourth-order valence-electron chi connectivity index (χ4n) is 2.25. The molecular weight excluding hydrogens is 255 g/mol. The minimum Gasteiger partial charge on any atom is -0.367 e. The van der Waals surface area contributed by atoms with Crippen LogP contribution < -0.4 is 10.2 Å². The Morgan fingerprint density at radius 1 is 1.42 bits per heavy atom. The van der Waals surface area contributed by atoms with E-state index >= 15 is 0 Å². The van der Waals surface area contributed by atoms with E-state index in [0.29, 0.717) is 0 Å². The van der Waals surface area contributed by atoms with Gasteiger partial charge in [0.25, 0.3) is 0 Å². The molecule has 1 aliphatic rings. The minimum absolute atomic E-state index is 0.000941. The van der Waals surface area contributed by atoms with Gasteiger partial charge in [-0.25, -0.2) is 4.98 Å².